The molecule has 0 amide bonds. The summed E-state index contributed by atoms with van der Waals surface area (Å²) in [6, 6.07) is 29.5. The fourth-order valence-electron chi connectivity index (χ4n) is 4.02. The first kappa shape index (κ1) is 19.5. The summed E-state index contributed by atoms with van der Waals surface area (Å²) < 4.78 is 13.1. The smallest absolute Gasteiger partial charge is 0.229 e. The quantitative estimate of drug-likeness (QED) is 0.514. The number of rotatable bonds is 4. The van der Waals surface area contributed by atoms with Crippen molar-refractivity contribution in [2.24, 2.45) is 5.73 Å². The second kappa shape index (κ2) is 7.97. The maximum atomic E-state index is 9.99. The van der Waals surface area contributed by atoms with E-state index in [1.807, 2.05) is 84.9 Å². The van der Waals surface area contributed by atoms with Crippen LogP contribution in [0.5, 0.6) is 11.6 Å². The summed E-state index contributed by atoms with van der Waals surface area (Å²) in [5, 5.41) is 14.9. The van der Waals surface area contributed by atoms with Crippen LogP contribution in [0.3, 0.4) is 0 Å². The third kappa shape index (κ3) is 3.17. The van der Waals surface area contributed by atoms with Crippen LogP contribution in [0.15, 0.2) is 96.4 Å². The lowest BCUT2D eigenvalue weighted by molar-refractivity contribution is 0.367. The molecule has 1 aromatic heterocycles. The number of hydrogen-bond acceptors (Lipinski definition) is 5. The van der Waals surface area contributed by atoms with E-state index in [1.165, 1.54) is 0 Å². The first-order valence-corrected chi connectivity index (χ1v) is 10.2. The SMILES string of the molecule is COc1ccc(C2C(C#N)=C(N)Oc3c2c(-c2ccccc2)nn3-c2ccccc2)cc1. The third-order valence-electron chi connectivity index (χ3n) is 5.54. The van der Waals surface area contributed by atoms with Gasteiger partial charge >= 0.3 is 0 Å². The Bertz CT molecular complexity index is 1330. The number of ether oxygens (including phenoxy) is 2. The molecular weight excluding hydrogens is 400 g/mol. The Balaban J connectivity index is 1.80. The van der Waals surface area contributed by atoms with Gasteiger partial charge in [0.1, 0.15) is 23.1 Å². The second-order valence-electron chi connectivity index (χ2n) is 7.38. The molecular formula is C26H20N4O2. The largest absolute Gasteiger partial charge is 0.497 e. The van der Waals surface area contributed by atoms with E-state index in [9.17, 15) is 5.26 Å². The third-order valence-corrected chi connectivity index (χ3v) is 5.54. The topological polar surface area (TPSA) is 86.1 Å². The number of methoxy groups -OCH3 is 1. The van der Waals surface area contributed by atoms with Crippen molar-refractivity contribution < 1.29 is 9.47 Å². The average Bonchev–Trinajstić information content (AvgIpc) is 3.23. The van der Waals surface area contributed by atoms with Gasteiger partial charge in [-0.3, -0.25) is 0 Å². The number of nitrogens with zero attached hydrogens (tertiary/aromatic N) is 3. The van der Waals surface area contributed by atoms with Crippen LogP contribution in [-0.2, 0) is 0 Å². The lowest BCUT2D eigenvalue weighted by atomic mass is 9.83. The zero-order chi connectivity index (χ0) is 22.1. The average molecular weight is 420 g/mol. The van der Waals surface area contributed by atoms with Gasteiger partial charge < -0.3 is 15.2 Å². The number of fused-ring (bicyclic) bond motifs is 1. The molecule has 0 saturated carbocycles. The van der Waals surface area contributed by atoms with Crippen LogP contribution >= 0.6 is 0 Å². The summed E-state index contributed by atoms with van der Waals surface area (Å²) >= 11 is 0. The van der Waals surface area contributed by atoms with Crippen molar-refractivity contribution in [3.63, 3.8) is 0 Å². The molecule has 6 heteroatoms. The monoisotopic (exact) mass is 420 g/mol. The highest BCUT2D eigenvalue weighted by Gasteiger charge is 2.37. The molecule has 2 heterocycles. The first-order valence-electron chi connectivity index (χ1n) is 10.2. The number of para-hydroxylation sites is 1. The van der Waals surface area contributed by atoms with Gasteiger partial charge in [0.2, 0.25) is 11.8 Å². The van der Waals surface area contributed by atoms with Crippen LogP contribution in [-0.4, -0.2) is 16.9 Å². The molecule has 0 bridgehead atoms. The van der Waals surface area contributed by atoms with Gasteiger partial charge in [0, 0.05) is 5.56 Å². The number of hydrogen-bond donors (Lipinski definition) is 1. The summed E-state index contributed by atoms with van der Waals surface area (Å²) in [6.45, 7) is 0. The van der Waals surface area contributed by atoms with Gasteiger partial charge in [-0.25, -0.2) is 0 Å². The van der Waals surface area contributed by atoms with Crippen molar-refractivity contribution in [1.82, 2.24) is 9.78 Å². The van der Waals surface area contributed by atoms with E-state index >= 15 is 0 Å². The standard InChI is InChI=1S/C26H20N4O2/c1-31-20-14-12-17(13-15-20)22-21(16-27)25(28)32-26-23(22)24(18-8-4-2-5-9-18)29-30(26)19-10-6-3-7-11-19/h2-15,22H,28H2,1H3. The van der Waals surface area contributed by atoms with Crippen molar-refractivity contribution in [1.29, 1.82) is 5.26 Å². The van der Waals surface area contributed by atoms with Gasteiger partial charge in [0.05, 0.1) is 24.3 Å². The van der Waals surface area contributed by atoms with Crippen LogP contribution in [0.25, 0.3) is 16.9 Å². The number of nitrogens with two attached hydrogens (primary N) is 1. The van der Waals surface area contributed by atoms with Crippen LogP contribution in [0.4, 0.5) is 0 Å². The van der Waals surface area contributed by atoms with Crippen molar-refractivity contribution in [2.75, 3.05) is 7.11 Å². The van der Waals surface area contributed by atoms with E-state index in [4.69, 9.17) is 20.3 Å². The molecule has 0 spiro atoms. The highest BCUT2D eigenvalue weighted by molar-refractivity contribution is 5.72. The van der Waals surface area contributed by atoms with Crippen molar-refractivity contribution in [3.8, 4) is 34.6 Å². The van der Waals surface area contributed by atoms with E-state index in [2.05, 4.69) is 6.07 Å². The predicted octanol–water partition coefficient (Wildman–Crippen LogP) is 4.77. The molecule has 0 radical (unpaired) electrons. The summed E-state index contributed by atoms with van der Waals surface area (Å²) in [5.41, 5.74) is 10.8. The van der Waals surface area contributed by atoms with Crippen molar-refractivity contribution >= 4 is 0 Å². The lowest BCUT2D eigenvalue weighted by Gasteiger charge is -2.25. The van der Waals surface area contributed by atoms with Gasteiger partial charge in [-0.15, -0.1) is 0 Å². The van der Waals surface area contributed by atoms with Crippen molar-refractivity contribution in [3.05, 3.63) is 108 Å². The van der Waals surface area contributed by atoms with Crippen LogP contribution < -0.4 is 15.2 Å². The molecule has 0 fully saturated rings. The molecule has 1 atom stereocenters. The highest BCUT2D eigenvalue weighted by Crippen LogP contribution is 2.47. The molecule has 5 rings (SSSR count). The highest BCUT2D eigenvalue weighted by atomic mass is 16.5. The maximum Gasteiger partial charge on any atom is 0.229 e. The predicted molar refractivity (Wildman–Crippen MR) is 121 cm³/mol. The number of benzene rings is 3. The van der Waals surface area contributed by atoms with E-state index < -0.39 is 5.92 Å². The fraction of sp³-hybridized carbons (Fsp3) is 0.0769. The summed E-state index contributed by atoms with van der Waals surface area (Å²) in [7, 11) is 1.62. The Labute approximate surface area is 185 Å². The van der Waals surface area contributed by atoms with Crippen LogP contribution in [0, 0.1) is 11.3 Å². The van der Waals surface area contributed by atoms with Gasteiger partial charge in [0.25, 0.3) is 0 Å². The Morgan fingerprint density at radius 3 is 2.25 bits per heavy atom. The number of allylic oxidation sites excluding steroid dienone is 1. The van der Waals surface area contributed by atoms with E-state index in [0.717, 1.165) is 33.8 Å². The fourth-order valence-corrected chi connectivity index (χ4v) is 4.02. The zero-order valence-corrected chi connectivity index (χ0v) is 17.4. The maximum absolute atomic E-state index is 9.99. The Morgan fingerprint density at radius 1 is 0.969 bits per heavy atom. The van der Waals surface area contributed by atoms with Gasteiger partial charge in [0.15, 0.2) is 0 Å². The number of nitriles is 1. The lowest BCUT2D eigenvalue weighted by Crippen LogP contribution is -2.22. The minimum atomic E-state index is -0.428. The molecule has 1 unspecified atom stereocenters. The molecule has 4 aromatic rings. The van der Waals surface area contributed by atoms with E-state index in [1.54, 1.807) is 11.8 Å². The van der Waals surface area contributed by atoms with Gasteiger partial charge in [-0.05, 0) is 29.8 Å². The molecule has 0 aliphatic carbocycles. The van der Waals surface area contributed by atoms with Gasteiger partial charge in [-0.2, -0.15) is 15.0 Å². The Kier molecular flexibility index (Phi) is 4.85. The minimum absolute atomic E-state index is 0.0810. The molecule has 2 N–H and O–H groups in total. The van der Waals surface area contributed by atoms with Gasteiger partial charge in [-0.1, -0.05) is 60.7 Å². The Hall–Kier alpha value is -4.50. The molecule has 1 aliphatic heterocycles. The molecule has 156 valence electrons. The summed E-state index contributed by atoms with van der Waals surface area (Å²) in [4.78, 5) is 0. The summed E-state index contributed by atoms with van der Waals surface area (Å²) in [6.07, 6.45) is 0. The molecule has 3 aromatic carbocycles. The van der Waals surface area contributed by atoms with Crippen LogP contribution in [0.1, 0.15) is 17.0 Å². The minimum Gasteiger partial charge on any atom is -0.497 e. The first-order chi connectivity index (χ1) is 15.7. The van der Waals surface area contributed by atoms with E-state index in [-0.39, 0.29) is 5.88 Å². The second-order valence-corrected chi connectivity index (χ2v) is 7.38. The normalized spacial score (nSPS) is 14.9. The molecule has 1 aliphatic rings. The van der Waals surface area contributed by atoms with Crippen LogP contribution in [0.2, 0.25) is 0 Å². The number of aromatic nitrogens is 2. The molecule has 0 saturated heterocycles. The van der Waals surface area contributed by atoms with Crippen molar-refractivity contribution in [2.45, 2.75) is 5.92 Å². The molecule has 32 heavy (non-hydrogen) atoms. The zero-order valence-electron chi connectivity index (χ0n) is 17.4. The van der Waals surface area contributed by atoms with E-state index in [0.29, 0.717) is 11.5 Å². The summed E-state index contributed by atoms with van der Waals surface area (Å²) in [5.74, 6) is 0.895. The molecule has 6 nitrogen and oxygen atoms in total. The Morgan fingerprint density at radius 2 is 1.62 bits per heavy atom.